The molecule has 1 nitrogen and oxygen atoms in total. The van der Waals surface area contributed by atoms with Crippen LogP contribution in [0.25, 0.3) is 32.7 Å². The second kappa shape index (κ2) is 5.99. The normalized spacial score (nSPS) is 11.2. The minimum Gasteiger partial charge on any atom is -0.414 e. The molecule has 0 aliphatic rings. The first-order valence-electron chi connectivity index (χ1n) is 7.66. The highest BCUT2D eigenvalue weighted by molar-refractivity contribution is 6.13. The molecule has 0 bridgehead atoms. The van der Waals surface area contributed by atoms with Gasteiger partial charge in [-0.25, -0.2) is 0 Å². The van der Waals surface area contributed by atoms with Crippen LogP contribution in [0.3, 0.4) is 0 Å². The summed E-state index contributed by atoms with van der Waals surface area (Å²) in [5.74, 6) is 0. The SMILES string of the molecule is [Si]OCc1ccccc1-c1cc2ccccc2c2ccccc12. The second-order valence-electron chi connectivity index (χ2n) is 5.64. The zero-order chi connectivity index (χ0) is 15.6. The highest BCUT2D eigenvalue weighted by Gasteiger charge is 2.10. The molecular weight excluding hydrogens is 296 g/mol. The van der Waals surface area contributed by atoms with Crippen molar-refractivity contribution >= 4 is 32.0 Å². The van der Waals surface area contributed by atoms with Crippen molar-refractivity contribution in [2.75, 3.05) is 0 Å². The third kappa shape index (κ3) is 2.46. The summed E-state index contributed by atoms with van der Waals surface area (Å²) in [6.45, 7) is 0.536. The Labute approximate surface area is 139 Å². The standard InChI is InChI=1S/C21H15OSi/c23-22-14-16-8-2-4-10-18(16)21-13-15-7-1-3-9-17(15)19-11-5-6-12-20(19)21/h1-13H,14H2. The Morgan fingerprint density at radius 2 is 1.30 bits per heavy atom. The van der Waals surface area contributed by atoms with E-state index in [-0.39, 0.29) is 0 Å². The molecule has 0 saturated carbocycles. The Morgan fingerprint density at radius 3 is 2.13 bits per heavy atom. The van der Waals surface area contributed by atoms with E-state index in [2.05, 4.69) is 83.3 Å². The van der Waals surface area contributed by atoms with Crippen LogP contribution < -0.4 is 0 Å². The van der Waals surface area contributed by atoms with Crippen LogP contribution in [0.4, 0.5) is 0 Å². The minimum atomic E-state index is 0.536. The van der Waals surface area contributed by atoms with E-state index in [1.54, 1.807) is 0 Å². The molecule has 0 unspecified atom stereocenters. The maximum Gasteiger partial charge on any atom is 0.246 e. The van der Waals surface area contributed by atoms with Gasteiger partial charge in [0.15, 0.2) is 0 Å². The van der Waals surface area contributed by atoms with Crippen LogP contribution in [0.15, 0.2) is 78.9 Å². The lowest BCUT2D eigenvalue weighted by Gasteiger charge is -2.14. The van der Waals surface area contributed by atoms with E-state index in [1.807, 2.05) is 6.07 Å². The maximum absolute atomic E-state index is 5.20. The molecule has 0 heterocycles. The van der Waals surface area contributed by atoms with Crippen molar-refractivity contribution < 1.29 is 4.43 Å². The number of hydrogen-bond acceptors (Lipinski definition) is 1. The number of benzene rings is 4. The molecule has 0 amide bonds. The highest BCUT2D eigenvalue weighted by atomic mass is 28.2. The molecule has 3 radical (unpaired) electrons. The van der Waals surface area contributed by atoms with Gasteiger partial charge in [0.25, 0.3) is 0 Å². The largest absolute Gasteiger partial charge is 0.414 e. The third-order valence-electron chi connectivity index (χ3n) is 4.30. The van der Waals surface area contributed by atoms with Gasteiger partial charge in [0.2, 0.25) is 10.5 Å². The molecule has 0 N–H and O–H groups in total. The molecule has 0 atom stereocenters. The molecule has 0 saturated heterocycles. The van der Waals surface area contributed by atoms with E-state index in [4.69, 9.17) is 4.43 Å². The van der Waals surface area contributed by atoms with Gasteiger partial charge in [-0.15, -0.1) is 0 Å². The molecular formula is C21H15OSi. The molecule has 0 aromatic heterocycles. The van der Waals surface area contributed by atoms with Crippen LogP contribution in [-0.4, -0.2) is 10.5 Å². The second-order valence-corrected chi connectivity index (χ2v) is 5.93. The molecule has 0 spiro atoms. The van der Waals surface area contributed by atoms with Gasteiger partial charge in [-0.3, -0.25) is 0 Å². The monoisotopic (exact) mass is 311 g/mol. The first kappa shape index (κ1) is 14.2. The summed E-state index contributed by atoms with van der Waals surface area (Å²) in [6.07, 6.45) is 0. The zero-order valence-electron chi connectivity index (χ0n) is 12.6. The van der Waals surface area contributed by atoms with Crippen LogP contribution in [0.1, 0.15) is 5.56 Å². The Balaban J connectivity index is 2.10. The van der Waals surface area contributed by atoms with Gasteiger partial charge in [0, 0.05) is 0 Å². The summed E-state index contributed by atoms with van der Waals surface area (Å²) < 4.78 is 5.20. The topological polar surface area (TPSA) is 9.23 Å². The van der Waals surface area contributed by atoms with E-state index in [0.717, 1.165) is 0 Å². The predicted octanol–water partition coefficient (Wildman–Crippen LogP) is 5.26. The summed E-state index contributed by atoms with van der Waals surface area (Å²) in [5, 5.41) is 5.11. The van der Waals surface area contributed by atoms with Gasteiger partial charge in [0.1, 0.15) is 0 Å². The molecule has 0 fully saturated rings. The Morgan fingerprint density at radius 1 is 0.652 bits per heavy atom. The summed E-state index contributed by atoms with van der Waals surface area (Å²) >= 11 is 0. The van der Waals surface area contributed by atoms with E-state index in [1.165, 1.54) is 38.2 Å². The molecule has 4 aromatic carbocycles. The van der Waals surface area contributed by atoms with Gasteiger partial charge in [-0.2, -0.15) is 0 Å². The summed E-state index contributed by atoms with van der Waals surface area (Å²) in [5.41, 5.74) is 3.63. The maximum atomic E-state index is 5.20. The Hall–Kier alpha value is -2.42. The summed E-state index contributed by atoms with van der Waals surface area (Å²) in [6, 6.07) is 27.8. The highest BCUT2D eigenvalue weighted by Crippen LogP contribution is 2.36. The van der Waals surface area contributed by atoms with Crippen LogP contribution in [0, 0.1) is 0 Å². The first-order chi connectivity index (χ1) is 11.4. The fraction of sp³-hybridized carbons (Fsp3) is 0.0476. The number of hydrogen-bond donors (Lipinski definition) is 0. The van der Waals surface area contributed by atoms with Gasteiger partial charge < -0.3 is 4.43 Å². The van der Waals surface area contributed by atoms with Gasteiger partial charge in [0.05, 0.1) is 6.61 Å². The quantitative estimate of drug-likeness (QED) is 0.370. The number of rotatable bonds is 3. The van der Waals surface area contributed by atoms with E-state index in [9.17, 15) is 0 Å². The van der Waals surface area contributed by atoms with Gasteiger partial charge >= 0.3 is 0 Å². The van der Waals surface area contributed by atoms with Crippen molar-refractivity contribution in [2.24, 2.45) is 0 Å². The molecule has 109 valence electrons. The van der Waals surface area contributed by atoms with E-state index in [0.29, 0.717) is 6.61 Å². The molecule has 0 aliphatic carbocycles. The third-order valence-corrected chi connectivity index (χ3v) is 4.45. The lowest BCUT2D eigenvalue weighted by atomic mass is 9.91. The lowest BCUT2D eigenvalue weighted by Crippen LogP contribution is -1.93. The van der Waals surface area contributed by atoms with E-state index >= 15 is 0 Å². The fourth-order valence-corrected chi connectivity index (χ4v) is 3.42. The van der Waals surface area contributed by atoms with Gasteiger partial charge in [-0.1, -0.05) is 72.8 Å². The molecule has 4 aromatic rings. The van der Waals surface area contributed by atoms with E-state index < -0.39 is 0 Å². The molecule has 2 heteroatoms. The smallest absolute Gasteiger partial charge is 0.246 e. The van der Waals surface area contributed by atoms with Crippen molar-refractivity contribution in [1.29, 1.82) is 0 Å². The first-order valence-corrected chi connectivity index (χ1v) is 8.06. The van der Waals surface area contributed by atoms with Crippen LogP contribution in [0.2, 0.25) is 0 Å². The van der Waals surface area contributed by atoms with Gasteiger partial charge in [-0.05, 0) is 44.3 Å². The van der Waals surface area contributed by atoms with Crippen molar-refractivity contribution in [1.82, 2.24) is 0 Å². The summed E-state index contributed by atoms with van der Waals surface area (Å²) in [7, 11) is 3.13. The Bertz CT molecular complexity index is 991. The van der Waals surface area contributed by atoms with Crippen molar-refractivity contribution in [3.8, 4) is 11.1 Å². The molecule has 23 heavy (non-hydrogen) atoms. The van der Waals surface area contributed by atoms with Crippen molar-refractivity contribution in [3.05, 3.63) is 84.4 Å². The predicted molar refractivity (Wildman–Crippen MR) is 97.4 cm³/mol. The van der Waals surface area contributed by atoms with Crippen LogP contribution in [-0.2, 0) is 11.0 Å². The zero-order valence-corrected chi connectivity index (χ0v) is 13.6. The fourth-order valence-electron chi connectivity index (χ4n) is 3.26. The molecule has 0 aliphatic heterocycles. The number of fused-ring (bicyclic) bond motifs is 3. The van der Waals surface area contributed by atoms with Crippen LogP contribution >= 0.6 is 0 Å². The average Bonchev–Trinajstić information content (AvgIpc) is 2.62. The van der Waals surface area contributed by atoms with Crippen molar-refractivity contribution in [2.45, 2.75) is 6.61 Å². The minimum absolute atomic E-state index is 0.536. The summed E-state index contributed by atoms with van der Waals surface area (Å²) in [4.78, 5) is 0. The Kier molecular flexibility index (Phi) is 3.70. The van der Waals surface area contributed by atoms with Crippen molar-refractivity contribution in [3.63, 3.8) is 0 Å². The van der Waals surface area contributed by atoms with Crippen LogP contribution in [0.5, 0.6) is 0 Å². The average molecular weight is 311 g/mol. The molecule has 4 rings (SSSR count). The lowest BCUT2D eigenvalue weighted by molar-refractivity contribution is 0.339.